The van der Waals surface area contributed by atoms with Crippen LogP contribution in [0.4, 0.5) is 11.4 Å². The maximum atomic E-state index is 11.4. The van der Waals surface area contributed by atoms with Crippen molar-refractivity contribution >= 4 is 28.1 Å². The first-order chi connectivity index (χ1) is 9.24. The molecule has 3 rings (SSSR count). The Morgan fingerprint density at radius 1 is 1.05 bits per heavy atom. The van der Waals surface area contributed by atoms with Crippen molar-refractivity contribution in [3.8, 4) is 0 Å². The number of fused-ring (bicyclic) bond motifs is 1. The number of ketones is 1. The van der Waals surface area contributed by atoms with E-state index >= 15 is 0 Å². The van der Waals surface area contributed by atoms with Gasteiger partial charge in [-0.2, -0.15) is 0 Å². The van der Waals surface area contributed by atoms with E-state index in [0.29, 0.717) is 11.3 Å². The first kappa shape index (κ1) is 11.5. The third-order valence-electron chi connectivity index (χ3n) is 2.94. The van der Waals surface area contributed by atoms with Crippen molar-refractivity contribution < 1.29 is 9.21 Å². The number of rotatable bonds is 3. The minimum Gasteiger partial charge on any atom is -0.451 e. The number of carbonyl (C=O) groups excluding carboxylic acids is 1. The molecular weight excluding hydrogens is 238 g/mol. The molecule has 3 nitrogen and oxygen atoms in total. The molecule has 2 aromatic carbocycles. The second kappa shape index (κ2) is 4.61. The van der Waals surface area contributed by atoms with Gasteiger partial charge in [-0.15, -0.1) is 0 Å². The lowest BCUT2D eigenvalue weighted by atomic mass is 10.2. The number of benzene rings is 2. The fourth-order valence-electron chi connectivity index (χ4n) is 2.01. The molecule has 0 saturated heterocycles. The summed E-state index contributed by atoms with van der Waals surface area (Å²) in [5, 5.41) is 4.22. The van der Waals surface area contributed by atoms with Crippen molar-refractivity contribution in [2.45, 2.75) is 6.92 Å². The predicted molar refractivity (Wildman–Crippen MR) is 75.9 cm³/mol. The molecule has 0 spiro atoms. The van der Waals surface area contributed by atoms with Gasteiger partial charge < -0.3 is 9.73 Å². The molecule has 0 bridgehead atoms. The molecule has 0 aliphatic heterocycles. The van der Waals surface area contributed by atoms with Crippen molar-refractivity contribution in [1.29, 1.82) is 0 Å². The van der Waals surface area contributed by atoms with Crippen LogP contribution in [0, 0.1) is 0 Å². The number of carbonyl (C=O) groups is 1. The fraction of sp³-hybridized carbons (Fsp3) is 0.0625. The van der Waals surface area contributed by atoms with Crippen LogP contribution in [0.5, 0.6) is 0 Å². The Kier molecular flexibility index (Phi) is 2.80. The molecule has 1 aromatic heterocycles. The van der Waals surface area contributed by atoms with Gasteiger partial charge in [-0.3, -0.25) is 4.79 Å². The van der Waals surface area contributed by atoms with Crippen LogP contribution in [-0.2, 0) is 0 Å². The Labute approximate surface area is 110 Å². The molecule has 3 heteroatoms. The van der Waals surface area contributed by atoms with Crippen molar-refractivity contribution in [2.24, 2.45) is 0 Å². The number of anilines is 2. The lowest BCUT2D eigenvalue weighted by molar-refractivity contribution is 0.0989. The molecule has 0 aliphatic carbocycles. The molecule has 0 aliphatic rings. The monoisotopic (exact) mass is 251 g/mol. The van der Waals surface area contributed by atoms with Gasteiger partial charge in [-0.25, -0.2) is 0 Å². The van der Waals surface area contributed by atoms with E-state index in [1.165, 1.54) is 6.92 Å². The van der Waals surface area contributed by atoms with Crippen LogP contribution in [0.25, 0.3) is 11.0 Å². The average molecular weight is 251 g/mol. The van der Waals surface area contributed by atoms with Gasteiger partial charge in [0.05, 0.1) is 5.69 Å². The summed E-state index contributed by atoms with van der Waals surface area (Å²) in [6.45, 7) is 1.50. The topological polar surface area (TPSA) is 42.2 Å². The molecule has 1 heterocycles. The lowest BCUT2D eigenvalue weighted by Crippen LogP contribution is -1.89. The number of hydrogen-bond donors (Lipinski definition) is 1. The Bertz CT molecular complexity index is 729. The third-order valence-corrected chi connectivity index (χ3v) is 2.94. The van der Waals surface area contributed by atoms with Crippen molar-refractivity contribution in [3.63, 3.8) is 0 Å². The molecule has 0 unspecified atom stereocenters. The largest absolute Gasteiger partial charge is 0.451 e. The van der Waals surface area contributed by atoms with Crippen LogP contribution in [0.2, 0.25) is 0 Å². The number of hydrogen-bond acceptors (Lipinski definition) is 3. The number of furan rings is 1. The number of para-hydroxylation sites is 2. The Hall–Kier alpha value is -2.55. The molecule has 0 atom stereocenters. The summed E-state index contributed by atoms with van der Waals surface area (Å²) in [4.78, 5) is 11.4. The quantitative estimate of drug-likeness (QED) is 0.702. The van der Waals surface area contributed by atoms with Crippen LogP contribution >= 0.6 is 0 Å². The van der Waals surface area contributed by atoms with E-state index in [-0.39, 0.29) is 5.78 Å². The SMILES string of the molecule is CC(=O)c1cc2cccc(Nc3ccccc3)c2o1. The van der Waals surface area contributed by atoms with Crippen LogP contribution in [0.3, 0.4) is 0 Å². The molecule has 1 N–H and O–H groups in total. The fourth-order valence-corrected chi connectivity index (χ4v) is 2.01. The van der Waals surface area contributed by atoms with Gasteiger partial charge in [0.15, 0.2) is 17.1 Å². The second-order valence-corrected chi connectivity index (χ2v) is 4.38. The molecule has 0 fully saturated rings. The van der Waals surface area contributed by atoms with Gasteiger partial charge in [0.1, 0.15) is 0 Å². The van der Waals surface area contributed by atoms with E-state index in [1.807, 2.05) is 48.5 Å². The zero-order chi connectivity index (χ0) is 13.2. The van der Waals surface area contributed by atoms with E-state index < -0.39 is 0 Å². The summed E-state index contributed by atoms with van der Waals surface area (Å²) in [5.41, 5.74) is 2.54. The van der Waals surface area contributed by atoms with E-state index in [9.17, 15) is 4.79 Å². The van der Waals surface area contributed by atoms with Crippen LogP contribution in [0.1, 0.15) is 17.5 Å². The third kappa shape index (κ3) is 2.22. The molecule has 94 valence electrons. The van der Waals surface area contributed by atoms with E-state index in [1.54, 1.807) is 6.07 Å². The van der Waals surface area contributed by atoms with Gasteiger partial charge in [0.2, 0.25) is 0 Å². The summed E-state index contributed by atoms with van der Waals surface area (Å²) >= 11 is 0. The number of Topliss-reactive ketones (excluding diaryl/α,β-unsaturated/α-hetero) is 1. The minimum atomic E-state index is -0.0677. The summed E-state index contributed by atoms with van der Waals surface area (Å²) < 4.78 is 5.62. The van der Waals surface area contributed by atoms with E-state index in [2.05, 4.69) is 5.32 Å². The predicted octanol–water partition coefficient (Wildman–Crippen LogP) is 4.38. The van der Waals surface area contributed by atoms with E-state index in [0.717, 1.165) is 16.8 Å². The molecule has 0 radical (unpaired) electrons. The van der Waals surface area contributed by atoms with Crippen molar-refractivity contribution in [3.05, 3.63) is 60.4 Å². The smallest absolute Gasteiger partial charge is 0.194 e. The average Bonchev–Trinajstić information content (AvgIpc) is 2.85. The highest BCUT2D eigenvalue weighted by molar-refractivity contribution is 5.99. The molecule has 0 amide bonds. The Morgan fingerprint density at radius 2 is 1.84 bits per heavy atom. The summed E-state index contributed by atoms with van der Waals surface area (Å²) in [5.74, 6) is 0.319. The van der Waals surface area contributed by atoms with Crippen LogP contribution in [0.15, 0.2) is 59.0 Å². The van der Waals surface area contributed by atoms with Gasteiger partial charge in [0, 0.05) is 18.0 Å². The molecule has 19 heavy (non-hydrogen) atoms. The second-order valence-electron chi connectivity index (χ2n) is 4.38. The minimum absolute atomic E-state index is 0.0677. The molecule has 0 saturated carbocycles. The molecule has 3 aromatic rings. The zero-order valence-corrected chi connectivity index (χ0v) is 10.5. The number of nitrogens with one attached hydrogen (secondary N) is 1. The van der Waals surface area contributed by atoms with Crippen LogP contribution < -0.4 is 5.32 Å². The van der Waals surface area contributed by atoms with Crippen molar-refractivity contribution in [1.82, 2.24) is 0 Å². The van der Waals surface area contributed by atoms with Gasteiger partial charge in [-0.1, -0.05) is 30.3 Å². The lowest BCUT2D eigenvalue weighted by Gasteiger charge is -2.06. The highest BCUT2D eigenvalue weighted by atomic mass is 16.3. The normalized spacial score (nSPS) is 10.6. The highest BCUT2D eigenvalue weighted by Gasteiger charge is 2.10. The first-order valence-corrected chi connectivity index (χ1v) is 6.09. The maximum absolute atomic E-state index is 11.4. The highest BCUT2D eigenvalue weighted by Crippen LogP contribution is 2.29. The van der Waals surface area contributed by atoms with Crippen molar-refractivity contribution in [2.75, 3.05) is 5.32 Å². The Balaban J connectivity index is 2.06. The van der Waals surface area contributed by atoms with E-state index in [4.69, 9.17) is 4.42 Å². The molecular formula is C16H13NO2. The summed E-state index contributed by atoms with van der Waals surface area (Å²) in [7, 11) is 0. The maximum Gasteiger partial charge on any atom is 0.194 e. The summed E-state index contributed by atoms with van der Waals surface area (Å²) in [6.07, 6.45) is 0. The van der Waals surface area contributed by atoms with Gasteiger partial charge in [0.25, 0.3) is 0 Å². The Morgan fingerprint density at radius 3 is 2.58 bits per heavy atom. The summed E-state index contributed by atoms with van der Waals surface area (Å²) in [6, 6.07) is 17.4. The van der Waals surface area contributed by atoms with Gasteiger partial charge >= 0.3 is 0 Å². The van der Waals surface area contributed by atoms with Crippen LogP contribution in [-0.4, -0.2) is 5.78 Å². The first-order valence-electron chi connectivity index (χ1n) is 6.09. The zero-order valence-electron chi connectivity index (χ0n) is 10.5. The standard InChI is InChI=1S/C16H13NO2/c1-11(18)15-10-12-6-5-9-14(16(12)19-15)17-13-7-3-2-4-8-13/h2-10,17H,1H3. The van der Waals surface area contributed by atoms with Gasteiger partial charge in [-0.05, 0) is 24.3 Å².